The maximum absolute atomic E-state index is 3.60. The van der Waals surface area contributed by atoms with Gasteiger partial charge in [-0.15, -0.1) is 0 Å². The summed E-state index contributed by atoms with van der Waals surface area (Å²) in [7, 11) is 0. The molecule has 2 bridgehead atoms. The Kier molecular flexibility index (Phi) is 1.38. The van der Waals surface area contributed by atoms with E-state index in [0.717, 1.165) is 0 Å². The van der Waals surface area contributed by atoms with Crippen LogP contribution in [0.4, 0.5) is 0 Å². The van der Waals surface area contributed by atoms with E-state index in [0.29, 0.717) is 12.1 Å². The highest BCUT2D eigenvalue weighted by atomic mass is 79.9. The van der Waals surface area contributed by atoms with Crippen molar-refractivity contribution in [1.82, 2.24) is 5.32 Å². The summed E-state index contributed by atoms with van der Waals surface area (Å²) in [4.78, 5) is 0. The summed E-state index contributed by atoms with van der Waals surface area (Å²) in [6, 6.07) is 7.93. The molecule has 1 aromatic carbocycles. The second-order valence-electron chi connectivity index (χ2n) is 3.62. The molecule has 2 aliphatic rings. The number of halogens is 1. The van der Waals surface area contributed by atoms with Gasteiger partial charge < -0.3 is 5.32 Å². The molecule has 2 heterocycles. The van der Waals surface area contributed by atoms with Crippen LogP contribution in [0, 0.1) is 0 Å². The molecular formula is C10H10BrN. The monoisotopic (exact) mass is 223 g/mol. The lowest BCUT2D eigenvalue weighted by molar-refractivity contribution is 0.639. The van der Waals surface area contributed by atoms with Gasteiger partial charge in [0.1, 0.15) is 0 Å². The maximum atomic E-state index is 3.60. The maximum Gasteiger partial charge on any atom is 0.0330 e. The predicted octanol–water partition coefficient (Wildman–Crippen LogP) is 2.93. The van der Waals surface area contributed by atoms with Gasteiger partial charge >= 0.3 is 0 Å². The Bertz CT molecular complexity index is 335. The van der Waals surface area contributed by atoms with Gasteiger partial charge in [0.05, 0.1) is 0 Å². The third kappa shape index (κ3) is 0.824. The van der Waals surface area contributed by atoms with Crippen LogP contribution in [0.3, 0.4) is 0 Å². The largest absolute Gasteiger partial charge is 0.303 e. The van der Waals surface area contributed by atoms with E-state index in [-0.39, 0.29) is 0 Å². The first-order valence-corrected chi connectivity index (χ1v) is 5.19. The van der Waals surface area contributed by atoms with Gasteiger partial charge in [-0.1, -0.05) is 22.0 Å². The van der Waals surface area contributed by atoms with Crippen LogP contribution in [0.15, 0.2) is 22.7 Å². The third-order valence-corrected chi connectivity index (χ3v) is 3.44. The predicted molar refractivity (Wildman–Crippen MR) is 52.0 cm³/mol. The molecule has 1 aromatic rings. The highest BCUT2D eigenvalue weighted by Crippen LogP contribution is 2.45. The third-order valence-electron chi connectivity index (χ3n) is 2.95. The summed E-state index contributed by atoms with van der Waals surface area (Å²) in [6.07, 6.45) is 2.63. The van der Waals surface area contributed by atoms with Gasteiger partial charge in [0.15, 0.2) is 0 Å². The van der Waals surface area contributed by atoms with Crippen molar-refractivity contribution in [3.8, 4) is 0 Å². The van der Waals surface area contributed by atoms with E-state index < -0.39 is 0 Å². The number of rotatable bonds is 0. The van der Waals surface area contributed by atoms with Gasteiger partial charge in [0, 0.05) is 16.6 Å². The molecule has 0 aromatic heterocycles. The summed E-state index contributed by atoms with van der Waals surface area (Å²) in [5.41, 5.74) is 3.04. The Hall–Kier alpha value is -0.340. The van der Waals surface area contributed by atoms with Crippen molar-refractivity contribution in [3.63, 3.8) is 0 Å². The molecule has 1 saturated heterocycles. The molecule has 0 radical (unpaired) electrons. The minimum atomic E-state index is 0.641. The first-order chi connectivity index (χ1) is 5.84. The molecule has 0 saturated carbocycles. The van der Waals surface area contributed by atoms with Crippen molar-refractivity contribution in [2.45, 2.75) is 24.9 Å². The first-order valence-electron chi connectivity index (χ1n) is 4.40. The van der Waals surface area contributed by atoms with Crippen LogP contribution in [-0.4, -0.2) is 0 Å². The zero-order valence-electron chi connectivity index (χ0n) is 6.68. The number of fused-ring (bicyclic) bond motifs is 5. The molecule has 3 rings (SSSR count). The summed E-state index contributed by atoms with van der Waals surface area (Å²) >= 11 is 3.51. The lowest BCUT2D eigenvalue weighted by atomic mass is 9.92. The molecule has 2 heteroatoms. The van der Waals surface area contributed by atoms with E-state index in [4.69, 9.17) is 0 Å². The molecular weight excluding hydrogens is 214 g/mol. The van der Waals surface area contributed by atoms with E-state index in [9.17, 15) is 0 Å². The minimum Gasteiger partial charge on any atom is -0.303 e. The van der Waals surface area contributed by atoms with E-state index >= 15 is 0 Å². The molecule has 2 unspecified atom stereocenters. The van der Waals surface area contributed by atoms with Crippen LogP contribution in [0.5, 0.6) is 0 Å². The Balaban J connectivity index is 2.20. The van der Waals surface area contributed by atoms with Gasteiger partial charge in [-0.05, 0) is 36.1 Å². The molecule has 1 nitrogen and oxygen atoms in total. The molecule has 2 atom stereocenters. The molecule has 1 N–H and O–H groups in total. The van der Waals surface area contributed by atoms with Gasteiger partial charge in [0.2, 0.25) is 0 Å². The number of nitrogens with one attached hydrogen (secondary N) is 1. The Morgan fingerprint density at radius 2 is 1.92 bits per heavy atom. The highest BCUT2D eigenvalue weighted by Gasteiger charge is 2.35. The van der Waals surface area contributed by atoms with E-state index in [2.05, 4.69) is 39.4 Å². The fraction of sp³-hybridized carbons (Fsp3) is 0.400. The van der Waals surface area contributed by atoms with E-state index in [1.165, 1.54) is 28.4 Å². The number of benzene rings is 1. The summed E-state index contributed by atoms with van der Waals surface area (Å²) in [6.45, 7) is 0. The standard InChI is InChI=1S/C10H10BrN/c11-6-1-2-7-8(5-6)10-4-3-9(7)12-10/h1-2,5,9-10,12H,3-4H2. The van der Waals surface area contributed by atoms with Gasteiger partial charge in [-0.25, -0.2) is 0 Å². The zero-order valence-corrected chi connectivity index (χ0v) is 8.26. The van der Waals surface area contributed by atoms with Crippen molar-refractivity contribution in [2.24, 2.45) is 0 Å². The fourth-order valence-corrected chi connectivity index (χ4v) is 2.78. The first kappa shape index (κ1) is 7.10. The summed E-state index contributed by atoms with van der Waals surface area (Å²) in [5, 5.41) is 3.60. The van der Waals surface area contributed by atoms with Crippen LogP contribution in [0.1, 0.15) is 36.1 Å². The second kappa shape index (κ2) is 2.33. The summed E-state index contributed by atoms with van der Waals surface area (Å²) < 4.78 is 1.20. The molecule has 62 valence electrons. The molecule has 0 spiro atoms. The van der Waals surface area contributed by atoms with Crippen molar-refractivity contribution in [2.75, 3.05) is 0 Å². The van der Waals surface area contributed by atoms with Crippen LogP contribution < -0.4 is 5.32 Å². The molecule has 12 heavy (non-hydrogen) atoms. The van der Waals surface area contributed by atoms with E-state index in [1.807, 2.05) is 0 Å². The summed E-state index contributed by atoms with van der Waals surface area (Å²) in [5.74, 6) is 0. The smallest absolute Gasteiger partial charge is 0.0330 e. The van der Waals surface area contributed by atoms with Crippen LogP contribution in [-0.2, 0) is 0 Å². The number of hydrogen-bond donors (Lipinski definition) is 1. The average molecular weight is 224 g/mol. The van der Waals surface area contributed by atoms with Gasteiger partial charge in [0.25, 0.3) is 0 Å². The molecule has 1 fully saturated rings. The van der Waals surface area contributed by atoms with E-state index in [1.54, 1.807) is 0 Å². The van der Waals surface area contributed by atoms with Crippen LogP contribution in [0.25, 0.3) is 0 Å². The zero-order chi connectivity index (χ0) is 8.13. The highest BCUT2D eigenvalue weighted by molar-refractivity contribution is 9.10. The normalized spacial score (nSPS) is 30.8. The number of hydrogen-bond acceptors (Lipinski definition) is 1. The molecule has 0 aliphatic carbocycles. The Morgan fingerprint density at radius 1 is 1.17 bits per heavy atom. The van der Waals surface area contributed by atoms with Crippen molar-refractivity contribution in [3.05, 3.63) is 33.8 Å². The van der Waals surface area contributed by atoms with Crippen molar-refractivity contribution >= 4 is 15.9 Å². The minimum absolute atomic E-state index is 0.641. The Morgan fingerprint density at radius 3 is 2.75 bits per heavy atom. The van der Waals surface area contributed by atoms with Gasteiger partial charge in [-0.3, -0.25) is 0 Å². The lowest BCUT2D eigenvalue weighted by Gasteiger charge is -2.12. The quantitative estimate of drug-likeness (QED) is 0.714. The lowest BCUT2D eigenvalue weighted by Crippen LogP contribution is -2.05. The van der Waals surface area contributed by atoms with Crippen molar-refractivity contribution in [1.29, 1.82) is 0 Å². The van der Waals surface area contributed by atoms with Crippen LogP contribution in [0.2, 0.25) is 0 Å². The topological polar surface area (TPSA) is 12.0 Å². The SMILES string of the molecule is Brc1ccc2c(c1)C1CCC2N1. The molecule has 2 aliphatic heterocycles. The second-order valence-corrected chi connectivity index (χ2v) is 4.54. The van der Waals surface area contributed by atoms with Crippen molar-refractivity contribution < 1.29 is 0 Å². The molecule has 0 amide bonds. The Labute approximate surface area is 80.3 Å². The van der Waals surface area contributed by atoms with Gasteiger partial charge in [-0.2, -0.15) is 0 Å². The van der Waals surface area contributed by atoms with Crippen LogP contribution >= 0.6 is 15.9 Å². The average Bonchev–Trinajstić information content (AvgIpc) is 2.63. The fourth-order valence-electron chi connectivity index (χ4n) is 2.40.